The minimum Gasteiger partial charge on any atom is -0.436 e. The van der Waals surface area contributed by atoms with Crippen LogP contribution in [0.2, 0.25) is 0 Å². The Bertz CT molecular complexity index is 948. The molecule has 0 saturated carbocycles. The molecule has 0 aliphatic rings. The van der Waals surface area contributed by atoms with Crippen LogP contribution in [0.1, 0.15) is 0 Å². The first-order valence-electron chi connectivity index (χ1n) is 6.00. The first kappa shape index (κ1) is 13.6. The minimum absolute atomic E-state index is 0.0770. The standard InChI is InChI=1S/C14H11FN2O3S/c1-21(18,19)9-3-5-13-12(7-9)17-14(20-13)10-4-2-8(16)6-11(10)15/h2-7H,16H2,1H3. The number of benzene rings is 2. The summed E-state index contributed by atoms with van der Waals surface area (Å²) in [6.45, 7) is 0. The highest BCUT2D eigenvalue weighted by Gasteiger charge is 2.15. The molecular formula is C14H11FN2O3S. The molecule has 3 rings (SSSR count). The largest absolute Gasteiger partial charge is 0.436 e. The number of aromatic nitrogens is 1. The number of nitrogens with two attached hydrogens (primary N) is 1. The van der Waals surface area contributed by atoms with Crippen molar-refractivity contribution in [3.8, 4) is 11.5 Å². The lowest BCUT2D eigenvalue weighted by atomic mass is 10.2. The molecule has 0 unspecified atom stereocenters. The summed E-state index contributed by atoms with van der Waals surface area (Å²) in [5.74, 6) is -0.474. The Hall–Kier alpha value is -2.41. The average Bonchev–Trinajstić information content (AvgIpc) is 2.79. The number of hydrogen-bond acceptors (Lipinski definition) is 5. The van der Waals surface area contributed by atoms with Crippen molar-refractivity contribution in [1.82, 2.24) is 4.98 Å². The number of nitrogens with zero attached hydrogens (tertiary/aromatic N) is 1. The lowest BCUT2D eigenvalue weighted by molar-refractivity contribution is 0.594. The van der Waals surface area contributed by atoms with Crippen molar-refractivity contribution in [1.29, 1.82) is 0 Å². The molecule has 0 spiro atoms. The molecule has 7 heteroatoms. The lowest BCUT2D eigenvalue weighted by Gasteiger charge is -1.98. The maximum atomic E-state index is 13.9. The zero-order valence-electron chi connectivity index (χ0n) is 11.0. The van der Waals surface area contributed by atoms with Gasteiger partial charge in [0.15, 0.2) is 15.4 Å². The Morgan fingerprint density at radius 2 is 1.95 bits per heavy atom. The van der Waals surface area contributed by atoms with E-state index in [1.807, 2.05) is 0 Å². The molecule has 1 aromatic heterocycles. The van der Waals surface area contributed by atoms with E-state index in [2.05, 4.69) is 4.98 Å². The number of halogens is 1. The van der Waals surface area contributed by atoms with E-state index in [0.29, 0.717) is 16.8 Å². The van der Waals surface area contributed by atoms with Crippen LogP contribution in [0.15, 0.2) is 45.7 Å². The van der Waals surface area contributed by atoms with Crippen LogP contribution in [0.4, 0.5) is 10.1 Å². The molecule has 2 aromatic carbocycles. The van der Waals surface area contributed by atoms with E-state index >= 15 is 0 Å². The van der Waals surface area contributed by atoms with Gasteiger partial charge in [0, 0.05) is 11.9 Å². The van der Waals surface area contributed by atoms with Crippen molar-refractivity contribution in [3.63, 3.8) is 0 Å². The van der Waals surface area contributed by atoms with E-state index in [1.165, 1.54) is 36.4 Å². The number of fused-ring (bicyclic) bond motifs is 1. The maximum Gasteiger partial charge on any atom is 0.230 e. The summed E-state index contributed by atoms with van der Waals surface area (Å²) in [7, 11) is -3.34. The number of oxazole rings is 1. The maximum absolute atomic E-state index is 13.9. The molecule has 0 radical (unpaired) electrons. The highest BCUT2D eigenvalue weighted by Crippen LogP contribution is 2.28. The lowest BCUT2D eigenvalue weighted by Crippen LogP contribution is -1.96. The fraction of sp³-hybridized carbons (Fsp3) is 0.0714. The number of anilines is 1. The van der Waals surface area contributed by atoms with Crippen molar-refractivity contribution in [2.45, 2.75) is 4.90 Å². The molecule has 1 heterocycles. The Morgan fingerprint density at radius 3 is 2.62 bits per heavy atom. The highest BCUT2D eigenvalue weighted by atomic mass is 32.2. The number of rotatable bonds is 2. The molecule has 108 valence electrons. The predicted molar refractivity (Wildman–Crippen MR) is 76.9 cm³/mol. The van der Waals surface area contributed by atoms with Crippen molar-refractivity contribution < 1.29 is 17.2 Å². The first-order chi connectivity index (χ1) is 9.84. The summed E-state index contributed by atoms with van der Waals surface area (Å²) < 4.78 is 42.3. The third-order valence-electron chi connectivity index (χ3n) is 3.01. The summed E-state index contributed by atoms with van der Waals surface area (Å²) >= 11 is 0. The minimum atomic E-state index is -3.34. The molecule has 21 heavy (non-hydrogen) atoms. The second kappa shape index (κ2) is 4.56. The summed E-state index contributed by atoms with van der Waals surface area (Å²) in [4.78, 5) is 4.27. The van der Waals surface area contributed by atoms with Gasteiger partial charge in [-0.2, -0.15) is 0 Å². The molecule has 0 aliphatic carbocycles. The number of nitrogen functional groups attached to an aromatic ring is 1. The van der Waals surface area contributed by atoms with E-state index in [1.54, 1.807) is 0 Å². The Balaban J connectivity index is 2.17. The Labute approximate surface area is 120 Å². The van der Waals surface area contributed by atoms with E-state index < -0.39 is 15.7 Å². The highest BCUT2D eigenvalue weighted by molar-refractivity contribution is 7.90. The molecule has 0 aliphatic heterocycles. The van der Waals surface area contributed by atoms with Crippen LogP contribution in [0.3, 0.4) is 0 Å². The summed E-state index contributed by atoms with van der Waals surface area (Å²) in [6.07, 6.45) is 1.11. The topological polar surface area (TPSA) is 86.2 Å². The van der Waals surface area contributed by atoms with Crippen LogP contribution in [-0.4, -0.2) is 19.7 Å². The molecule has 2 N–H and O–H groups in total. The predicted octanol–water partition coefficient (Wildman–Crippen LogP) is 2.62. The SMILES string of the molecule is CS(=O)(=O)c1ccc2oc(-c3ccc(N)cc3F)nc2c1. The second-order valence-electron chi connectivity index (χ2n) is 4.66. The third-order valence-corrected chi connectivity index (χ3v) is 4.12. The fourth-order valence-corrected chi connectivity index (χ4v) is 2.60. The normalized spacial score (nSPS) is 11.9. The van der Waals surface area contributed by atoms with Crippen LogP contribution in [0, 0.1) is 5.82 Å². The zero-order chi connectivity index (χ0) is 15.2. The number of hydrogen-bond donors (Lipinski definition) is 1. The van der Waals surface area contributed by atoms with Crippen molar-refractivity contribution >= 4 is 26.6 Å². The van der Waals surface area contributed by atoms with Crippen molar-refractivity contribution in [2.75, 3.05) is 12.0 Å². The van der Waals surface area contributed by atoms with Crippen LogP contribution in [0.5, 0.6) is 0 Å². The van der Waals surface area contributed by atoms with E-state index in [4.69, 9.17) is 10.2 Å². The van der Waals surface area contributed by atoms with Crippen molar-refractivity contribution in [2.24, 2.45) is 0 Å². The summed E-state index contributed by atoms with van der Waals surface area (Å²) in [5, 5.41) is 0. The van der Waals surface area contributed by atoms with Gasteiger partial charge in [-0.25, -0.2) is 17.8 Å². The van der Waals surface area contributed by atoms with Gasteiger partial charge in [0.25, 0.3) is 0 Å². The first-order valence-corrected chi connectivity index (χ1v) is 7.90. The van der Waals surface area contributed by atoms with Gasteiger partial charge in [0.2, 0.25) is 5.89 Å². The molecule has 0 atom stereocenters. The molecule has 5 nitrogen and oxygen atoms in total. The van der Waals surface area contributed by atoms with Crippen LogP contribution in [-0.2, 0) is 9.84 Å². The zero-order valence-corrected chi connectivity index (χ0v) is 11.8. The number of sulfone groups is 1. The summed E-state index contributed by atoms with van der Waals surface area (Å²) in [6, 6.07) is 8.49. The Kier molecular flexibility index (Phi) is 2.94. The monoisotopic (exact) mass is 306 g/mol. The summed E-state index contributed by atoms with van der Waals surface area (Å²) in [5.41, 5.74) is 6.69. The van der Waals surface area contributed by atoms with Gasteiger partial charge in [0.05, 0.1) is 10.5 Å². The second-order valence-corrected chi connectivity index (χ2v) is 6.68. The quantitative estimate of drug-likeness (QED) is 0.735. The fourth-order valence-electron chi connectivity index (χ4n) is 1.96. The van der Waals surface area contributed by atoms with Gasteiger partial charge >= 0.3 is 0 Å². The smallest absolute Gasteiger partial charge is 0.230 e. The van der Waals surface area contributed by atoms with Gasteiger partial charge in [-0.1, -0.05) is 0 Å². The van der Waals surface area contributed by atoms with E-state index in [-0.39, 0.29) is 16.3 Å². The van der Waals surface area contributed by atoms with Gasteiger partial charge in [-0.3, -0.25) is 0 Å². The van der Waals surface area contributed by atoms with Crippen LogP contribution in [0.25, 0.3) is 22.6 Å². The van der Waals surface area contributed by atoms with Crippen LogP contribution >= 0.6 is 0 Å². The molecule has 3 aromatic rings. The van der Waals surface area contributed by atoms with Crippen LogP contribution < -0.4 is 5.73 Å². The Morgan fingerprint density at radius 1 is 1.19 bits per heavy atom. The van der Waals surface area contributed by atoms with Gasteiger partial charge in [-0.15, -0.1) is 0 Å². The van der Waals surface area contributed by atoms with Gasteiger partial charge in [-0.05, 0) is 36.4 Å². The molecular weight excluding hydrogens is 295 g/mol. The molecule has 0 fully saturated rings. The molecule has 0 amide bonds. The average molecular weight is 306 g/mol. The van der Waals surface area contributed by atoms with Crippen molar-refractivity contribution in [3.05, 3.63) is 42.2 Å². The third kappa shape index (κ3) is 2.47. The van der Waals surface area contributed by atoms with E-state index in [0.717, 1.165) is 6.26 Å². The van der Waals surface area contributed by atoms with Gasteiger partial charge in [0.1, 0.15) is 11.3 Å². The van der Waals surface area contributed by atoms with E-state index in [9.17, 15) is 12.8 Å². The van der Waals surface area contributed by atoms with Gasteiger partial charge < -0.3 is 10.2 Å². The molecule has 0 bridgehead atoms. The molecule has 0 saturated heterocycles.